The van der Waals surface area contributed by atoms with Crippen LogP contribution in [-0.2, 0) is 16.0 Å². The van der Waals surface area contributed by atoms with Crippen molar-refractivity contribution in [2.75, 3.05) is 39.8 Å². The second-order valence-electron chi connectivity index (χ2n) is 7.30. The summed E-state index contributed by atoms with van der Waals surface area (Å²) < 4.78 is 10.8. The lowest BCUT2D eigenvalue weighted by atomic mass is 10.1. The molecule has 1 saturated carbocycles. The zero-order valence-electron chi connectivity index (χ0n) is 15.6. The van der Waals surface area contributed by atoms with E-state index in [1.807, 2.05) is 23.1 Å². The summed E-state index contributed by atoms with van der Waals surface area (Å²) in [6.07, 6.45) is 4.18. The molecule has 1 aliphatic heterocycles. The highest BCUT2D eigenvalue weighted by Gasteiger charge is 2.26. The van der Waals surface area contributed by atoms with Gasteiger partial charge in [0, 0.05) is 49.2 Å². The van der Waals surface area contributed by atoms with Crippen LogP contribution in [0.15, 0.2) is 28.9 Å². The van der Waals surface area contributed by atoms with E-state index in [4.69, 9.17) is 9.15 Å². The summed E-state index contributed by atoms with van der Waals surface area (Å²) >= 11 is 0. The van der Waals surface area contributed by atoms with Gasteiger partial charge in [-0.1, -0.05) is 0 Å². The molecule has 0 bridgehead atoms. The summed E-state index contributed by atoms with van der Waals surface area (Å²) in [6, 6.07) is 6.02. The maximum Gasteiger partial charge on any atom is 0.234 e. The number of fused-ring (bicyclic) bond motifs is 1. The fourth-order valence-electron chi connectivity index (χ4n) is 3.46. The zero-order valence-corrected chi connectivity index (χ0v) is 15.6. The molecule has 1 N–H and O–H groups in total. The Balaban J connectivity index is 1.30. The van der Waals surface area contributed by atoms with E-state index in [-0.39, 0.29) is 11.8 Å². The number of carbonyl (C=O) groups is 2. The van der Waals surface area contributed by atoms with E-state index < -0.39 is 0 Å². The van der Waals surface area contributed by atoms with Gasteiger partial charge in [0.1, 0.15) is 11.3 Å². The van der Waals surface area contributed by atoms with Gasteiger partial charge in [0.2, 0.25) is 11.8 Å². The van der Waals surface area contributed by atoms with Crippen molar-refractivity contribution in [1.29, 1.82) is 0 Å². The number of amides is 2. The van der Waals surface area contributed by atoms with Gasteiger partial charge in [-0.15, -0.1) is 0 Å². The van der Waals surface area contributed by atoms with Crippen LogP contribution < -0.4 is 10.1 Å². The van der Waals surface area contributed by atoms with Crippen LogP contribution in [0, 0.1) is 0 Å². The zero-order chi connectivity index (χ0) is 18.8. The quantitative estimate of drug-likeness (QED) is 0.831. The van der Waals surface area contributed by atoms with Crippen molar-refractivity contribution in [3.05, 3.63) is 30.0 Å². The third kappa shape index (κ3) is 4.24. The molecule has 1 aromatic carbocycles. The first kappa shape index (κ1) is 17.9. The predicted molar refractivity (Wildman–Crippen MR) is 101 cm³/mol. The van der Waals surface area contributed by atoms with Crippen LogP contribution in [0.5, 0.6) is 5.75 Å². The third-order valence-electron chi connectivity index (χ3n) is 5.24. The van der Waals surface area contributed by atoms with Gasteiger partial charge in [-0.2, -0.15) is 0 Å². The topological polar surface area (TPSA) is 75.0 Å². The monoisotopic (exact) mass is 371 g/mol. The molecule has 0 radical (unpaired) electrons. The number of ether oxygens (including phenoxy) is 1. The average molecular weight is 371 g/mol. The van der Waals surface area contributed by atoms with Crippen LogP contribution >= 0.6 is 0 Å². The molecular formula is C20H25N3O4. The van der Waals surface area contributed by atoms with Gasteiger partial charge in [-0.3, -0.25) is 14.5 Å². The molecule has 1 aliphatic carbocycles. The number of methoxy groups -OCH3 is 1. The molecule has 0 unspecified atom stereocenters. The maximum absolute atomic E-state index is 12.7. The smallest absolute Gasteiger partial charge is 0.234 e. The maximum atomic E-state index is 12.7. The normalized spacial score (nSPS) is 17.9. The summed E-state index contributed by atoms with van der Waals surface area (Å²) in [5, 5.41) is 3.95. The molecule has 2 heterocycles. The number of benzene rings is 1. The molecule has 1 saturated heterocycles. The Hall–Kier alpha value is -2.54. The Morgan fingerprint density at radius 1 is 1.22 bits per heavy atom. The van der Waals surface area contributed by atoms with Crippen molar-refractivity contribution in [3.63, 3.8) is 0 Å². The average Bonchev–Trinajstić information content (AvgIpc) is 3.40. The fourth-order valence-corrected chi connectivity index (χ4v) is 3.46. The van der Waals surface area contributed by atoms with E-state index in [1.54, 1.807) is 13.4 Å². The summed E-state index contributed by atoms with van der Waals surface area (Å²) in [7, 11) is 1.61. The first-order chi connectivity index (χ1) is 13.1. The second-order valence-corrected chi connectivity index (χ2v) is 7.30. The number of hydrogen-bond donors (Lipinski definition) is 1. The van der Waals surface area contributed by atoms with Crippen LogP contribution in [0.1, 0.15) is 18.4 Å². The molecule has 2 fully saturated rings. The summed E-state index contributed by atoms with van der Waals surface area (Å²) in [4.78, 5) is 28.6. The number of nitrogens with zero attached hydrogens (tertiary/aromatic N) is 2. The Labute approximate surface area is 158 Å². The van der Waals surface area contributed by atoms with Crippen molar-refractivity contribution in [2.24, 2.45) is 0 Å². The van der Waals surface area contributed by atoms with E-state index in [1.165, 1.54) is 0 Å². The molecule has 2 aromatic rings. The van der Waals surface area contributed by atoms with Gasteiger partial charge in [0.05, 0.1) is 26.3 Å². The lowest BCUT2D eigenvalue weighted by Gasteiger charge is -2.34. The first-order valence-corrected chi connectivity index (χ1v) is 9.46. The van der Waals surface area contributed by atoms with Gasteiger partial charge in [0.15, 0.2) is 0 Å². The summed E-state index contributed by atoms with van der Waals surface area (Å²) in [6.45, 7) is 3.19. The highest BCUT2D eigenvalue weighted by molar-refractivity contribution is 5.88. The number of nitrogens with one attached hydrogen (secondary N) is 1. The number of piperazine rings is 1. The first-order valence-electron chi connectivity index (χ1n) is 9.46. The highest BCUT2D eigenvalue weighted by Crippen LogP contribution is 2.26. The van der Waals surface area contributed by atoms with Gasteiger partial charge in [0.25, 0.3) is 0 Å². The molecule has 1 aromatic heterocycles. The van der Waals surface area contributed by atoms with Crippen LogP contribution in [0.3, 0.4) is 0 Å². The van der Waals surface area contributed by atoms with Crippen LogP contribution in [0.4, 0.5) is 0 Å². The minimum absolute atomic E-state index is 0.0931. The minimum Gasteiger partial charge on any atom is -0.497 e. The standard InChI is InChI=1S/C20H25N3O4/c1-26-16-4-5-17-14(13-27-18(17)11-16)10-20(25)23-8-6-22(7-9-23)12-19(24)21-15-2-3-15/h4-5,11,13,15H,2-3,6-10,12H2,1H3,(H,21,24). The SMILES string of the molecule is COc1ccc2c(CC(=O)N3CCN(CC(=O)NC4CC4)CC3)coc2c1. The fraction of sp³-hybridized carbons (Fsp3) is 0.500. The minimum atomic E-state index is 0.0931. The molecule has 2 aliphatic rings. The second kappa shape index (κ2) is 7.60. The molecule has 0 atom stereocenters. The van der Waals surface area contributed by atoms with Crippen molar-refractivity contribution >= 4 is 22.8 Å². The summed E-state index contributed by atoms with van der Waals surface area (Å²) in [5.74, 6) is 0.921. The van der Waals surface area contributed by atoms with E-state index in [0.29, 0.717) is 32.1 Å². The van der Waals surface area contributed by atoms with E-state index >= 15 is 0 Å². The van der Waals surface area contributed by atoms with Crippen LogP contribution in [0.2, 0.25) is 0 Å². The highest BCUT2D eigenvalue weighted by atomic mass is 16.5. The predicted octanol–water partition coefficient (Wildman–Crippen LogP) is 1.41. The molecule has 7 heteroatoms. The number of carbonyl (C=O) groups excluding carboxylic acids is 2. The number of rotatable bonds is 6. The van der Waals surface area contributed by atoms with E-state index in [0.717, 1.165) is 48.2 Å². The molecule has 27 heavy (non-hydrogen) atoms. The van der Waals surface area contributed by atoms with Gasteiger partial charge in [-0.25, -0.2) is 0 Å². The van der Waals surface area contributed by atoms with Crippen LogP contribution in [0.25, 0.3) is 11.0 Å². The van der Waals surface area contributed by atoms with Crippen LogP contribution in [-0.4, -0.2) is 67.5 Å². The molecule has 2 amide bonds. The van der Waals surface area contributed by atoms with Gasteiger partial charge < -0.3 is 19.4 Å². The Bertz CT molecular complexity index is 835. The molecule has 0 spiro atoms. The Morgan fingerprint density at radius 2 is 2.00 bits per heavy atom. The van der Waals surface area contributed by atoms with E-state index in [9.17, 15) is 9.59 Å². The molecule has 144 valence electrons. The lowest BCUT2D eigenvalue weighted by molar-refractivity contribution is -0.132. The molecular weight excluding hydrogens is 346 g/mol. The van der Waals surface area contributed by atoms with Crippen molar-refractivity contribution < 1.29 is 18.7 Å². The number of furan rings is 1. The third-order valence-corrected chi connectivity index (χ3v) is 5.24. The molecule has 4 rings (SSSR count). The van der Waals surface area contributed by atoms with Gasteiger partial charge >= 0.3 is 0 Å². The van der Waals surface area contributed by atoms with Gasteiger partial charge in [-0.05, 0) is 25.0 Å². The Morgan fingerprint density at radius 3 is 2.70 bits per heavy atom. The number of hydrogen-bond acceptors (Lipinski definition) is 5. The van der Waals surface area contributed by atoms with Crippen molar-refractivity contribution in [3.8, 4) is 5.75 Å². The lowest BCUT2D eigenvalue weighted by Crippen LogP contribution is -2.51. The van der Waals surface area contributed by atoms with E-state index in [2.05, 4.69) is 10.2 Å². The van der Waals surface area contributed by atoms with Crippen molar-refractivity contribution in [1.82, 2.24) is 15.1 Å². The molecule has 7 nitrogen and oxygen atoms in total. The largest absolute Gasteiger partial charge is 0.497 e. The van der Waals surface area contributed by atoms with Crippen molar-refractivity contribution in [2.45, 2.75) is 25.3 Å². The Kier molecular flexibility index (Phi) is 5.03. The summed E-state index contributed by atoms with van der Waals surface area (Å²) in [5.41, 5.74) is 1.62.